The van der Waals surface area contributed by atoms with Gasteiger partial charge in [-0.3, -0.25) is 9.69 Å². The molecule has 1 spiro atoms. The molecule has 0 aromatic heterocycles. The van der Waals surface area contributed by atoms with Gasteiger partial charge < -0.3 is 19.3 Å². The SMILES string of the molecule is O=C1N(C[NH+]2CCN(c3ccccc3)CC2)c2ccccc2C12OCC=CCO2. The highest BCUT2D eigenvalue weighted by Crippen LogP contribution is 2.43. The Labute approximate surface area is 170 Å². The number of quaternary nitrogens is 1. The summed E-state index contributed by atoms with van der Waals surface area (Å²) in [6.45, 7) is 5.29. The van der Waals surface area contributed by atoms with Gasteiger partial charge in [0.15, 0.2) is 6.67 Å². The normalized spacial score (nSPS) is 21.4. The van der Waals surface area contributed by atoms with Crippen molar-refractivity contribution in [3.8, 4) is 0 Å². The molecule has 3 aliphatic rings. The number of nitrogens with zero attached hydrogens (tertiary/aromatic N) is 2. The smallest absolute Gasteiger partial charge is 0.296 e. The van der Waals surface area contributed by atoms with Crippen LogP contribution in [0.4, 0.5) is 11.4 Å². The highest BCUT2D eigenvalue weighted by Gasteiger charge is 2.54. The molecule has 2 aromatic carbocycles. The molecule has 0 bridgehead atoms. The summed E-state index contributed by atoms with van der Waals surface area (Å²) >= 11 is 0. The van der Waals surface area contributed by atoms with Crippen LogP contribution in [0.2, 0.25) is 0 Å². The molecule has 0 saturated carbocycles. The molecule has 6 nitrogen and oxygen atoms in total. The Morgan fingerprint density at radius 1 is 0.897 bits per heavy atom. The van der Waals surface area contributed by atoms with E-state index >= 15 is 0 Å². The van der Waals surface area contributed by atoms with Crippen molar-refractivity contribution in [3.05, 3.63) is 72.3 Å². The number of nitrogens with one attached hydrogen (secondary N) is 1. The summed E-state index contributed by atoms with van der Waals surface area (Å²) in [5.74, 6) is -1.42. The molecule has 0 unspecified atom stereocenters. The van der Waals surface area contributed by atoms with Crippen LogP contribution >= 0.6 is 0 Å². The average Bonchev–Trinajstić information content (AvgIpc) is 2.94. The first-order valence-electron chi connectivity index (χ1n) is 10.3. The summed E-state index contributed by atoms with van der Waals surface area (Å²) in [5.41, 5.74) is 2.98. The number of rotatable bonds is 3. The Balaban J connectivity index is 1.32. The van der Waals surface area contributed by atoms with E-state index in [1.54, 1.807) is 0 Å². The number of hydrogen-bond acceptors (Lipinski definition) is 4. The number of carbonyl (C=O) groups is 1. The minimum absolute atomic E-state index is 0.111. The average molecular weight is 392 g/mol. The number of amides is 1. The van der Waals surface area contributed by atoms with Crippen LogP contribution in [-0.4, -0.2) is 52.0 Å². The zero-order chi connectivity index (χ0) is 19.7. The van der Waals surface area contributed by atoms with Gasteiger partial charge in [0.25, 0.3) is 11.7 Å². The number of ether oxygens (including phenoxy) is 2. The Morgan fingerprint density at radius 2 is 1.55 bits per heavy atom. The molecule has 1 saturated heterocycles. The Bertz CT molecular complexity index is 897. The van der Waals surface area contributed by atoms with E-state index in [2.05, 4.69) is 29.2 Å². The van der Waals surface area contributed by atoms with Gasteiger partial charge in [-0.2, -0.15) is 0 Å². The van der Waals surface area contributed by atoms with Crippen LogP contribution in [0.15, 0.2) is 66.7 Å². The number of benzene rings is 2. The second kappa shape index (κ2) is 7.63. The summed E-state index contributed by atoms with van der Waals surface area (Å²) in [4.78, 5) is 19.1. The molecule has 1 amide bonds. The first-order chi connectivity index (χ1) is 14.3. The van der Waals surface area contributed by atoms with Gasteiger partial charge in [0.2, 0.25) is 0 Å². The molecular formula is C23H26N3O3+. The molecule has 5 rings (SSSR count). The van der Waals surface area contributed by atoms with Crippen molar-refractivity contribution in [3.63, 3.8) is 0 Å². The summed E-state index contributed by atoms with van der Waals surface area (Å²) in [7, 11) is 0. The third kappa shape index (κ3) is 3.23. The summed E-state index contributed by atoms with van der Waals surface area (Å²) in [6, 6.07) is 18.4. The minimum Gasteiger partial charge on any atom is -0.360 e. The zero-order valence-electron chi connectivity index (χ0n) is 16.4. The molecule has 1 fully saturated rings. The maximum absolute atomic E-state index is 13.5. The fraction of sp³-hybridized carbons (Fsp3) is 0.348. The van der Waals surface area contributed by atoms with Crippen LogP contribution in [0.25, 0.3) is 0 Å². The molecule has 0 radical (unpaired) electrons. The van der Waals surface area contributed by atoms with Crippen molar-refractivity contribution in [2.45, 2.75) is 5.79 Å². The number of fused-ring (bicyclic) bond motifs is 2. The van der Waals surface area contributed by atoms with Gasteiger partial charge in [-0.25, -0.2) is 0 Å². The van der Waals surface area contributed by atoms with E-state index in [4.69, 9.17) is 9.47 Å². The standard InChI is InChI=1S/C23H25N3O3/c27-22-23(28-16-6-7-17-29-23)20-10-4-5-11-21(20)26(22)18-24-12-14-25(15-13-24)19-8-2-1-3-9-19/h1-11H,12-18H2/p+1. The quantitative estimate of drug-likeness (QED) is 0.797. The van der Waals surface area contributed by atoms with E-state index in [-0.39, 0.29) is 5.91 Å². The third-order valence-electron chi connectivity index (χ3n) is 5.98. The maximum Gasteiger partial charge on any atom is 0.296 e. The van der Waals surface area contributed by atoms with Crippen LogP contribution in [-0.2, 0) is 20.1 Å². The number of hydrogen-bond donors (Lipinski definition) is 1. The molecule has 6 heteroatoms. The van der Waals surface area contributed by atoms with Gasteiger partial charge >= 0.3 is 0 Å². The first-order valence-corrected chi connectivity index (χ1v) is 10.3. The summed E-state index contributed by atoms with van der Waals surface area (Å²) < 4.78 is 11.9. The lowest BCUT2D eigenvalue weighted by molar-refractivity contribution is -0.899. The van der Waals surface area contributed by atoms with Crippen molar-refractivity contribution in [1.29, 1.82) is 0 Å². The van der Waals surface area contributed by atoms with E-state index in [0.717, 1.165) is 37.4 Å². The molecule has 3 heterocycles. The van der Waals surface area contributed by atoms with Crippen LogP contribution in [0, 0.1) is 0 Å². The molecule has 29 heavy (non-hydrogen) atoms. The summed E-state index contributed by atoms with van der Waals surface area (Å²) in [6.07, 6.45) is 3.81. The van der Waals surface area contributed by atoms with Gasteiger partial charge in [0.1, 0.15) is 0 Å². The van der Waals surface area contributed by atoms with Crippen LogP contribution < -0.4 is 14.7 Å². The zero-order valence-corrected chi connectivity index (χ0v) is 16.4. The van der Waals surface area contributed by atoms with Crippen molar-refractivity contribution in [2.24, 2.45) is 0 Å². The van der Waals surface area contributed by atoms with Crippen molar-refractivity contribution in [2.75, 3.05) is 55.9 Å². The number of piperazine rings is 1. The lowest BCUT2D eigenvalue weighted by atomic mass is 10.1. The number of anilines is 2. The van der Waals surface area contributed by atoms with E-state index in [9.17, 15) is 4.79 Å². The molecule has 150 valence electrons. The minimum atomic E-state index is -1.31. The fourth-order valence-electron chi connectivity index (χ4n) is 4.44. The van der Waals surface area contributed by atoms with E-state index in [0.29, 0.717) is 19.9 Å². The predicted octanol–water partition coefficient (Wildman–Crippen LogP) is 1.15. The second-order valence-electron chi connectivity index (χ2n) is 7.69. The summed E-state index contributed by atoms with van der Waals surface area (Å²) in [5, 5.41) is 0. The van der Waals surface area contributed by atoms with Gasteiger partial charge in [0, 0.05) is 11.3 Å². The molecular weight excluding hydrogens is 366 g/mol. The van der Waals surface area contributed by atoms with Crippen molar-refractivity contribution in [1.82, 2.24) is 0 Å². The molecule has 1 N–H and O–H groups in total. The van der Waals surface area contributed by atoms with Gasteiger partial charge in [-0.05, 0) is 18.2 Å². The third-order valence-corrected chi connectivity index (χ3v) is 5.98. The first kappa shape index (κ1) is 18.4. The van der Waals surface area contributed by atoms with E-state index in [1.165, 1.54) is 10.6 Å². The Morgan fingerprint density at radius 3 is 2.28 bits per heavy atom. The Hall–Kier alpha value is -2.67. The second-order valence-corrected chi connectivity index (χ2v) is 7.69. The maximum atomic E-state index is 13.5. The highest BCUT2D eigenvalue weighted by molar-refractivity contribution is 6.05. The van der Waals surface area contributed by atoms with E-state index in [1.807, 2.05) is 47.4 Å². The molecule has 0 atom stereocenters. The largest absolute Gasteiger partial charge is 0.360 e. The molecule has 2 aromatic rings. The topological polar surface area (TPSA) is 46.5 Å². The van der Waals surface area contributed by atoms with Gasteiger partial charge in [-0.1, -0.05) is 48.6 Å². The number of carbonyl (C=O) groups excluding carboxylic acids is 1. The lowest BCUT2D eigenvalue weighted by Crippen LogP contribution is -3.16. The monoisotopic (exact) mass is 392 g/mol. The van der Waals surface area contributed by atoms with Crippen LogP contribution in [0.1, 0.15) is 5.56 Å². The van der Waals surface area contributed by atoms with E-state index < -0.39 is 5.79 Å². The molecule has 0 aliphatic carbocycles. The van der Waals surface area contributed by atoms with Gasteiger partial charge in [-0.15, -0.1) is 0 Å². The van der Waals surface area contributed by atoms with Crippen LogP contribution in [0.5, 0.6) is 0 Å². The lowest BCUT2D eigenvalue weighted by Gasteiger charge is -2.35. The fourth-order valence-corrected chi connectivity index (χ4v) is 4.44. The number of para-hydroxylation sites is 2. The Kier molecular flexibility index (Phi) is 4.83. The predicted molar refractivity (Wildman–Crippen MR) is 111 cm³/mol. The molecule has 3 aliphatic heterocycles. The van der Waals surface area contributed by atoms with Crippen molar-refractivity contribution >= 4 is 17.3 Å². The van der Waals surface area contributed by atoms with Crippen molar-refractivity contribution < 1.29 is 19.2 Å². The highest BCUT2D eigenvalue weighted by atomic mass is 16.7. The van der Waals surface area contributed by atoms with Crippen LogP contribution in [0.3, 0.4) is 0 Å². The van der Waals surface area contributed by atoms with Gasteiger partial charge in [0.05, 0.1) is 45.1 Å².